The van der Waals surface area contributed by atoms with E-state index in [1.165, 1.54) is 39.3 Å². The molecule has 10 nitrogen and oxygen atoms in total. The number of aromatic nitrogens is 3. The van der Waals surface area contributed by atoms with Gasteiger partial charge in [-0.3, -0.25) is 9.59 Å². The van der Waals surface area contributed by atoms with E-state index in [-0.39, 0.29) is 23.6 Å². The molecule has 4 rings (SSSR count). The van der Waals surface area contributed by atoms with E-state index in [0.717, 1.165) is 25.0 Å². The number of ether oxygens (including phenoxy) is 2. The van der Waals surface area contributed by atoms with Crippen LogP contribution in [0.25, 0.3) is 0 Å². The summed E-state index contributed by atoms with van der Waals surface area (Å²) in [6.45, 7) is 6.81. The van der Waals surface area contributed by atoms with Gasteiger partial charge in [-0.1, -0.05) is 0 Å². The fourth-order valence-corrected chi connectivity index (χ4v) is 4.17. The van der Waals surface area contributed by atoms with E-state index >= 15 is 0 Å². The van der Waals surface area contributed by atoms with Crippen LogP contribution in [-0.2, 0) is 11.3 Å². The van der Waals surface area contributed by atoms with E-state index in [9.17, 15) is 9.59 Å². The maximum Gasteiger partial charge on any atom is 0.269 e. The van der Waals surface area contributed by atoms with Crippen molar-refractivity contribution in [2.45, 2.75) is 45.4 Å². The van der Waals surface area contributed by atoms with Gasteiger partial charge in [-0.25, -0.2) is 9.97 Å². The third-order valence-electron chi connectivity index (χ3n) is 6.20. The molecule has 2 aromatic heterocycles. The second-order valence-corrected chi connectivity index (χ2v) is 8.71. The summed E-state index contributed by atoms with van der Waals surface area (Å²) in [6, 6.07) is 1.51. The van der Waals surface area contributed by atoms with Crippen LogP contribution in [0.15, 0.2) is 24.7 Å². The van der Waals surface area contributed by atoms with Gasteiger partial charge in [-0.05, 0) is 32.6 Å². The Morgan fingerprint density at radius 3 is 2.70 bits per heavy atom. The molecule has 1 saturated carbocycles. The zero-order valence-electron chi connectivity index (χ0n) is 19.7. The monoisotopic (exact) mass is 456 g/mol. The number of rotatable bonds is 8. The van der Waals surface area contributed by atoms with Crippen molar-refractivity contribution in [1.29, 1.82) is 0 Å². The average molecular weight is 457 g/mol. The summed E-state index contributed by atoms with van der Waals surface area (Å²) in [4.78, 5) is 37.8. The number of pyridine rings is 1. The van der Waals surface area contributed by atoms with Gasteiger partial charge >= 0.3 is 0 Å². The van der Waals surface area contributed by atoms with Gasteiger partial charge in [0.2, 0.25) is 5.95 Å². The van der Waals surface area contributed by atoms with Crippen molar-refractivity contribution < 1.29 is 19.1 Å². The smallest absolute Gasteiger partial charge is 0.269 e. The van der Waals surface area contributed by atoms with Crippen LogP contribution >= 0.6 is 0 Å². The zero-order chi connectivity index (χ0) is 23.5. The quantitative estimate of drug-likeness (QED) is 0.643. The molecule has 10 heteroatoms. The Morgan fingerprint density at radius 2 is 2.03 bits per heavy atom. The summed E-state index contributed by atoms with van der Waals surface area (Å²) in [5, 5.41) is 2.52. The highest BCUT2D eigenvalue weighted by molar-refractivity contribution is 5.92. The minimum Gasteiger partial charge on any atom is -0.493 e. The highest BCUT2D eigenvalue weighted by Crippen LogP contribution is 2.32. The molecule has 33 heavy (non-hydrogen) atoms. The van der Waals surface area contributed by atoms with E-state index in [0.29, 0.717) is 24.6 Å². The lowest BCUT2D eigenvalue weighted by Crippen LogP contribution is -2.57. The van der Waals surface area contributed by atoms with Crippen LogP contribution in [0.2, 0.25) is 0 Å². The fourth-order valence-electron chi connectivity index (χ4n) is 4.17. The summed E-state index contributed by atoms with van der Waals surface area (Å²) in [7, 11) is 3.01. The number of amides is 2. The van der Waals surface area contributed by atoms with Crippen molar-refractivity contribution in [3.8, 4) is 11.5 Å². The Bertz CT molecular complexity index is 1000. The molecule has 2 amide bonds. The Hall–Kier alpha value is -3.30. The van der Waals surface area contributed by atoms with Crippen molar-refractivity contribution in [1.82, 2.24) is 24.8 Å². The largest absolute Gasteiger partial charge is 0.493 e. The van der Waals surface area contributed by atoms with Gasteiger partial charge in [0, 0.05) is 57.7 Å². The summed E-state index contributed by atoms with van der Waals surface area (Å²) in [5.41, 5.74) is 0.213. The molecule has 1 N–H and O–H groups in total. The topological polar surface area (TPSA) is 102 Å². The van der Waals surface area contributed by atoms with Gasteiger partial charge in [-0.2, -0.15) is 0 Å². The predicted molar refractivity (Wildman–Crippen MR) is 123 cm³/mol. The third kappa shape index (κ3) is 5.04. The Kier molecular flexibility index (Phi) is 6.71. The maximum atomic E-state index is 13.2. The molecule has 2 atom stereocenters. The maximum absolute atomic E-state index is 13.2. The minimum atomic E-state index is -0.725. The van der Waals surface area contributed by atoms with Gasteiger partial charge in [0.25, 0.3) is 11.8 Å². The highest BCUT2D eigenvalue weighted by Gasteiger charge is 2.33. The lowest BCUT2D eigenvalue weighted by Gasteiger charge is -2.41. The molecule has 0 bridgehead atoms. The molecule has 178 valence electrons. The first kappa shape index (κ1) is 22.9. The Balaban J connectivity index is 1.38. The van der Waals surface area contributed by atoms with Crippen LogP contribution in [0, 0.1) is 5.92 Å². The van der Waals surface area contributed by atoms with Crippen molar-refractivity contribution in [3.05, 3.63) is 30.4 Å². The summed E-state index contributed by atoms with van der Waals surface area (Å²) in [5.74, 6) is 2.00. The second-order valence-electron chi connectivity index (χ2n) is 8.71. The van der Waals surface area contributed by atoms with E-state index < -0.39 is 6.10 Å². The van der Waals surface area contributed by atoms with Gasteiger partial charge in [0.15, 0.2) is 17.6 Å². The molecule has 3 heterocycles. The van der Waals surface area contributed by atoms with Crippen LogP contribution in [0.1, 0.15) is 37.2 Å². The number of imidazole rings is 1. The zero-order valence-corrected chi connectivity index (χ0v) is 19.7. The lowest BCUT2D eigenvalue weighted by molar-refractivity contribution is -0.140. The summed E-state index contributed by atoms with van der Waals surface area (Å²) >= 11 is 0. The van der Waals surface area contributed by atoms with Crippen molar-refractivity contribution in [3.63, 3.8) is 0 Å². The lowest BCUT2D eigenvalue weighted by atomic mass is 10.1. The first-order valence-corrected chi connectivity index (χ1v) is 11.4. The standard InChI is InChI=1S/C23H32N6O4/c1-15-13-28(23-25-7-8-27(23)14-17-5-6-17)9-10-29(15)22(31)16(2)33-20-12-26-18(21(30)24-3)11-19(20)32-4/h7-8,11-12,15-17H,5-6,9-10,13-14H2,1-4H3,(H,24,30)/t15-,16+/m1/s1. The third-order valence-corrected chi connectivity index (χ3v) is 6.20. The number of carbonyl (C=O) groups excluding carboxylic acids is 2. The van der Waals surface area contributed by atoms with Gasteiger partial charge in [-0.15, -0.1) is 0 Å². The number of nitrogens with one attached hydrogen (secondary N) is 1. The Morgan fingerprint density at radius 1 is 1.24 bits per heavy atom. The molecule has 1 saturated heterocycles. The molecule has 2 aliphatic rings. The van der Waals surface area contributed by atoms with E-state index in [1.807, 2.05) is 24.2 Å². The highest BCUT2D eigenvalue weighted by atomic mass is 16.5. The van der Waals surface area contributed by atoms with Crippen LogP contribution in [0.4, 0.5) is 5.95 Å². The summed E-state index contributed by atoms with van der Waals surface area (Å²) < 4.78 is 13.5. The number of methoxy groups -OCH3 is 1. The molecule has 0 radical (unpaired) electrons. The molecule has 2 aromatic rings. The van der Waals surface area contributed by atoms with Crippen LogP contribution < -0.4 is 19.7 Å². The van der Waals surface area contributed by atoms with E-state index in [2.05, 4.69) is 24.8 Å². The van der Waals surface area contributed by atoms with Gasteiger partial charge in [0.1, 0.15) is 5.69 Å². The van der Waals surface area contributed by atoms with Crippen LogP contribution in [0.3, 0.4) is 0 Å². The number of anilines is 1. The molecule has 0 aromatic carbocycles. The van der Waals surface area contributed by atoms with Gasteiger partial charge < -0.3 is 29.2 Å². The minimum absolute atomic E-state index is 0.0130. The predicted octanol–water partition coefficient (Wildman–Crippen LogP) is 1.56. The first-order valence-electron chi connectivity index (χ1n) is 11.4. The van der Waals surface area contributed by atoms with E-state index in [4.69, 9.17) is 9.47 Å². The number of nitrogens with zero attached hydrogens (tertiary/aromatic N) is 5. The number of carbonyl (C=O) groups is 2. The summed E-state index contributed by atoms with van der Waals surface area (Å²) in [6.07, 6.45) is 7.17. The number of piperazine rings is 1. The molecule has 1 aliphatic carbocycles. The fraction of sp³-hybridized carbons (Fsp3) is 0.565. The SMILES string of the molecule is CNC(=O)c1cc(OC)c(O[C@@H](C)C(=O)N2CCN(c3nccn3CC3CC3)C[C@H]2C)cn1. The van der Waals surface area contributed by atoms with Crippen LogP contribution in [-0.4, -0.2) is 77.2 Å². The van der Waals surface area contributed by atoms with E-state index in [1.54, 1.807) is 6.92 Å². The second kappa shape index (κ2) is 9.68. The van der Waals surface area contributed by atoms with Crippen LogP contribution in [0.5, 0.6) is 11.5 Å². The molecular weight excluding hydrogens is 424 g/mol. The van der Waals surface area contributed by atoms with Gasteiger partial charge in [0.05, 0.1) is 13.3 Å². The van der Waals surface area contributed by atoms with Crippen molar-refractivity contribution in [2.75, 3.05) is 38.7 Å². The average Bonchev–Trinajstić information content (AvgIpc) is 3.52. The molecule has 0 unspecified atom stereocenters. The molecule has 0 spiro atoms. The molecular formula is C23H32N6O4. The normalized spacial score (nSPS) is 19.2. The molecule has 1 aliphatic heterocycles. The molecule has 2 fully saturated rings. The van der Waals surface area contributed by atoms with Crippen molar-refractivity contribution in [2.24, 2.45) is 5.92 Å². The van der Waals surface area contributed by atoms with Crippen molar-refractivity contribution >= 4 is 17.8 Å². The first-order chi connectivity index (χ1) is 15.9. The number of hydrogen-bond acceptors (Lipinski definition) is 7. The Labute approximate surface area is 193 Å². The number of hydrogen-bond donors (Lipinski definition) is 1.